The summed E-state index contributed by atoms with van der Waals surface area (Å²) in [4.78, 5) is 0. The van der Waals surface area contributed by atoms with Crippen LogP contribution in [-0.2, 0) is 0 Å². The van der Waals surface area contributed by atoms with E-state index < -0.39 is 0 Å². The van der Waals surface area contributed by atoms with Crippen LogP contribution in [0.1, 0.15) is 27.2 Å². The SMILES string of the molecule is CC(C)CCNCC(C)Oc1ccc(Cl)cc1Cl. The van der Waals surface area contributed by atoms with Crippen molar-refractivity contribution in [2.45, 2.75) is 33.3 Å². The smallest absolute Gasteiger partial charge is 0.138 e. The molecule has 0 spiro atoms. The fraction of sp³-hybridized carbons (Fsp3) is 0.571. The molecule has 0 aromatic heterocycles. The van der Waals surface area contributed by atoms with Gasteiger partial charge >= 0.3 is 0 Å². The Morgan fingerprint density at radius 2 is 1.94 bits per heavy atom. The molecule has 0 saturated carbocycles. The lowest BCUT2D eigenvalue weighted by atomic mass is 10.1. The Labute approximate surface area is 120 Å². The molecular weight excluding hydrogens is 269 g/mol. The molecule has 0 aliphatic rings. The van der Waals surface area contributed by atoms with Gasteiger partial charge in [-0.2, -0.15) is 0 Å². The van der Waals surface area contributed by atoms with Crippen LogP contribution >= 0.6 is 23.2 Å². The van der Waals surface area contributed by atoms with E-state index in [9.17, 15) is 0 Å². The first-order chi connectivity index (χ1) is 8.49. The van der Waals surface area contributed by atoms with Crippen LogP contribution in [0.5, 0.6) is 5.75 Å². The Kier molecular flexibility index (Phi) is 6.83. The molecule has 0 aliphatic carbocycles. The molecule has 1 unspecified atom stereocenters. The summed E-state index contributed by atoms with van der Waals surface area (Å²) < 4.78 is 5.75. The second-order valence-electron chi connectivity index (χ2n) is 4.89. The van der Waals surface area contributed by atoms with Crippen LogP contribution in [0.2, 0.25) is 10.0 Å². The van der Waals surface area contributed by atoms with Gasteiger partial charge in [0.2, 0.25) is 0 Å². The third-order valence-electron chi connectivity index (χ3n) is 2.55. The van der Waals surface area contributed by atoms with Gasteiger partial charge < -0.3 is 10.1 Å². The maximum Gasteiger partial charge on any atom is 0.138 e. The lowest BCUT2D eigenvalue weighted by Gasteiger charge is -2.17. The number of benzene rings is 1. The first-order valence-electron chi connectivity index (χ1n) is 6.31. The summed E-state index contributed by atoms with van der Waals surface area (Å²) >= 11 is 11.9. The van der Waals surface area contributed by atoms with E-state index in [-0.39, 0.29) is 6.10 Å². The van der Waals surface area contributed by atoms with Crippen molar-refractivity contribution in [3.05, 3.63) is 28.2 Å². The van der Waals surface area contributed by atoms with E-state index >= 15 is 0 Å². The number of halogens is 2. The topological polar surface area (TPSA) is 21.3 Å². The van der Waals surface area contributed by atoms with Gasteiger partial charge in [0.25, 0.3) is 0 Å². The van der Waals surface area contributed by atoms with Crippen molar-refractivity contribution in [1.29, 1.82) is 0 Å². The van der Waals surface area contributed by atoms with Crippen molar-refractivity contribution in [1.82, 2.24) is 5.32 Å². The van der Waals surface area contributed by atoms with Gasteiger partial charge in [0.15, 0.2) is 0 Å². The minimum Gasteiger partial charge on any atom is -0.488 e. The van der Waals surface area contributed by atoms with Crippen LogP contribution < -0.4 is 10.1 Å². The monoisotopic (exact) mass is 289 g/mol. The molecule has 0 fully saturated rings. The van der Waals surface area contributed by atoms with Crippen LogP contribution in [0.25, 0.3) is 0 Å². The van der Waals surface area contributed by atoms with Crippen LogP contribution in [0.3, 0.4) is 0 Å². The molecule has 2 nitrogen and oxygen atoms in total. The van der Waals surface area contributed by atoms with Gasteiger partial charge in [-0.15, -0.1) is 0 Å². The van der Waals surface area contributed by atoms with E-state index in [4.69, 9.17) is 27.9 Å². The average molecular weight is 290 g/mol. The van der Waals surface area contributed by atoms with Gasteiger partial charge in [0, 0.05) is 11.6 Å². The lowest BCUT2D eigenvalue weighted by Crippen LogP contribution is -2.30. The molecule has 18 heavy (non-hydrogen) atoms. The van der Waals surface area contributed by atoms with Gasteiger partial charge in [-0.05, 0) is 44.0 Å². The van der Waals surface area contributed by atoms with Crippen molar-refractivity contribution < 1.29 is 4.74 Å². The Morgan fingerprint density at radius 1 is 1.22 bits per heavy atom. The number of ether oxygens (including phenoxy) is 1. The Hall–Kier alpha value is -0.440. The van der Waals surface area contributed by atoms with E-state index in [1.165, 1.54) is 6.42 Å². The molecule has 1 aromatic rings. The molecule has 0 amide bonds. The molecule has 1 aromatic carbocycles. The highest BCUT2D eigenvalue weighted by Crippen LogP contribution is 2.28. The molecule has 0 saturated heterocycles. The number of hydrogen-bond donors (Lipinski definition) is 1. The Morgan fingerprint density at radius 3 is 2.56 bits per heavy atom. The molecule has 0 aliphatic heterocycles. The average Bonchev–Trinajstić information content (AvgIpc) is 2.28. The van der Waals surface area contributed by atoms with E-state index in [0.29, 0.717) is 15.8 Å². The summed E-state index contributed by atoms with van der Waals surface area (Å²) in [7, 11) is 0. The number of rotatable bonds is 7. The predicted molar refractivity (Wildman–Crippen MR) is 78.9 cm³/mol. The molecular formula is C14H21Cl2NO. The zero-order valence-corrected chi connectivity index (χ0v) is 12.7. The van der Waals surface area contributed by atoms with E-state index in [1.54, 1.807) is 18.2 Å². The zero-order chi connectivity index (χ0) is 13.5. The highest BCUT2D eigenvalue weighted by Gasteiger charge is 2.07. The molecule has 0 radical (unpaired) electrons. The third kappa shape index (κ3) is 5.94. The summed E-state index contributed by atoms with van der Waals surface area (Å²) in [5.41, 5.74) is 0. The molecule has 0 bridgehead atoms. The fourth-order valence-corrected chi connectivity index (χ4v) is 1.98. The molecule has 1 rings (SSSR count). The number of hydrogen-bond acceptors (Lipinski definition) is 2. The maximum absolute atomic E-state index is 6.05. The largest absolute Gasteiger partial charge is 0.488 e. The quantitative estimate of drug-likeness (QED) is 0.752. The van der Waals surface area contributed by atoms with Crippen LogP contribution in [0.4, 0.5) is 0 Å². The summed E-state index contributed by atoms with van der Waals surface area (Å²) in [5, 5.41) is 4.55. The highest BCUT2D eigenvalue weighted by molar-refractivity contribution is 6.35. The third-order valence-corrected chi connectivity index (χ3v) is 3.08. The summed E-state index contributed by atoms with van der Waals surface area (Å²) in [5.74, 6) is 1.40. The standard InChI is InChI=1S/C14H21Cl2NO/c1-10(2)6-7-17-9-11(3)18-14-5-4-12(15)8-13(14)16/h4-5,8,10-11,17H,6-7,9H2,1-3H3. The Balaban J connectivity index is 2.33. The minimum atomic E-state index is 0.0795. The zero-order valence-electron chi connectivity index (χ0n) is 11.2. The van der Waals surface area contributed by atoms with Gasteiger partial charge in [0.05, 0.1) is 5.02 Å². The van der Waals surface area contributed by atoms with Crippen LogP contribution in [-0.4, -0.2) is 19.2 Å². The number of nitrogens with one attached hydrogen (secondary N) is 1. The van der Waals surface area contributed by atoms with Crippen LogP contribution in [0.15, 0.2) is 18.2 Å². The predicted octanol–water partition coefficient (Wildman–Crippen LogP) is 4.40. The minimum absolute atomic E-state index is 0.0795. The van der Waals surface area contributed by atoms with Crippen LogP contribution in [0, 0.1) is 5.92 Å². The fourth-order valence-electron chi connectivity index (χ4n) is 1.53. The first-order valence-corrected chi connectivity index (χ1v) is 7.07. The van der Waals surface area contributed by atoms with Gasteiger partial charge in [-0.1, -0.05) is 37.0 Å². The molecule has 1 N–H and O–H groups in total. The molecule has 1 atom stereocenters. The normalized spacial score (nSPS) is 12.8. The first kappa shape index (κ1) is 15.6. The summed E-state index contributed by atoms with van der Waals surface area (Å²) in [6, 6.07) is 5.27. The van der Waals surface area contributed by atoms with Gasteiger partial charge in [-0.25, -0.2) is 0 Å². The molecule has 4 heteroatoms. The van der Waals surface area contributed by atoms with Crippen molar-refractivity contribution in [2.24, 2.45) is 5.92 Å². The second kappa shape index (κ2) is 7.88. The van der Waals surface area contributed by atoms with Crippen molar-refractivity contribution >= 4 is 23.2 Å². The molecule has 0 heterocycles. The Bertz CT molecular complexity index is 369. The van der Waals surface area contributed by atoms with Crippen molar-refractivity contribution in [3.8, 4) is 5.75 Å². The van der Waals surface area contributed by atoms with E-state index in [0.717, 1.165) is 19.0 Å². The maximum atomic E-state index is 6.05. The van der Waals surface area contributed by atoms with Gasteiger partial charge in [-0.3, -0.25) is 0 Å². The molecule has 102 valence electrons. The highest BCUT2D eigenvalue weighted by atomic mass is 35.5. The van der Waals surface area contributed by atoms with Crippen molar-refractivity contribution in [2.75, 3.05) is 13.1 Å². The summed E-state index contributed by atoms with van der Waals surface area (Å²) in [6.07, 6.45) is 1.25. The second-order valence-corrected chi connectivity index (χ2v) is 5.73. The van der Waals surface area contributed by atoms with E-state index in [1.807, 2.05) is 6.92 Å². The summed E-state index contributed by atoms with van der Waals surface area (Å²) in [6.45, 7) is 8.28. The lowest BCUT2D eigenvalue weighted by molar-refractivity contribution is 0.216. The van der Waals surface area contributed by atoms with Gasteiger partial charge in [0.1, 0.15) is 11.9 Å². The van der Waals surface area contributed by atoms with Crippen molar-refractivity contribution in [3.63, 3.8) is 0 Å². The van der Waals surface area contributed by atoms with E-state index in [2.05, 4.69) is 19.2 Å².